The van der Waals surface area contributed by atoms with E-state index in [1.807, 2.05) is 0 Å². The molecule has 0 amide bonds. The molecule has 2 nitrogen and oxygen atoms in total. The first kappa shape index (κ1) is 30.0. The van der Waals surface area contributed by atoms with Gasteiger partial charge < -0.3 is 9.47 Å². The Bertz CT molecular complexity index is 2870. The van der Waals surface area contributed by atoms with E-state index in [9.17, 15) is 0 Å². The first-order valence-electron chi connectivity index (χ1n) is 17.9. The van der Waals surface area contributed by atoms with Gasteiger partial charge in [-0.2, -0.15) is 0 Å². The highest BCUT2D eigenvalue weighted by atomic mass is 15.1. The van der Waals surface area contributed by atoms with Gasteiger partial charge in [0.15, 0.2) is 0 Å². The zero-order valence-corrected chi connectivity index (χ0v) is 28.5. The quantitative estimate of drug-likeness (QED) is 0.172. The molecule has 2 heteroatoms. The number of anilines is 3. The first-order valence-corrected chi connectivity index (χ1v) is 17.9. The maximum absolute atomic E-state index is 2.43. The number of rotatable bonds is 6. The summed E-state index contributed by atoms with van der Waals surface area (Å²) in [5.41, 5.74) is 11.7. The fraction of sp³-hybridized carbons (Fsp3) is 0. The molecule has 0 unspecified atom stereocenters. The number of para-hydroxylation sites is 2. The highest BCUT2D eigenvalue weighted by molar-refractivity contribution is 6.24. The van der Waals surface area contributed by atoms with Gasteiger partial charge in [0, 0.05) is 33.5 Å². The molecule has 0 aliphatic carbocycles. The van der Waals surface area contributed by atoms with Crippen LogP contribution < -0.4 is 4.90 Å². The molecule has 52 heavy (non-hydrogen) atoms. The predicted octanol–water partition coefficient (Wildman–Crippen LogP) is 13.9. The Balaban J connectivity index is 1.10. The third-order valence-corrected chi connectivity index (χ3v) is 10.4. The second-order valence-corrected chi connectivity index (χ2v) is 13.4. The van der Waals surface area contributed by atoms with Gasteiger partial charge in [0.25, 0.3) is 0 Å². The summed E-state index contributed by atoms with van der Waals surface area (Å²) < 4.78 is 2.43. The van der Waals surface area contributed by atoms with Crippen molar-refractivity contribution in [1.29, 1.82) is 0 Å². The van der Waals surface area contributed by atoms with Gasteiger partial charge in [0.1, 0.15) is 0 Å². The lowest BCUT2D eigenvalue weighted by atomic mass is 9.95. The largest absolute Gasteiger partial charge is 0.311 e. The molecular weight excluding hydrogens is 629 g/mol. The SMILES string of the molecule is c1ccc(-c2cc3c(c4ccccc24)c2ccccc2n3-c2ccc(N(c3ccccc3)c3ccc(-c4ccc5ccccc5c4)cc3)cc2)cc1. The van der Waals surface area contributed by atoms with Gasteiger partial charge >= 0.3 is 0 Å². The van der Waals surface area contributed by atoms with Gasteiger partial charge in [-0.25, -0.2) is 0 Å². The van der Waals surface area contributed by atoms with Gasteiger partial charge in [-0.05, 0) is 111 Å². The van der Waals surface area contributed by atoms with E-state index in [1.165, 1.54) is 65.6 Å². The molecule has 0 spiro atoms. The number of fused-ring (bicyclic) bond motifs is 6. The third kappa shape index (κ3) is 5.04. The molecule has 0 bridgehead atoms. The summed E-state index contributed by atoms with van der Waals surface area (Å²) in [6, 6.07) is 74.6. The molecule has 9 aromatic carbocycles. The van der Waals surface area contributed by atoms with E-state index >= 15 is 0 Å². The number of benzene rings is 9. The van der Waals surface area contributed by atoms with Crippen molar-refractivity contribution in [2.75, 3.05) is 4.90 Å². The maximum atomic E-state index is 2.43. The average molecular weight is 663 g/mol. The van der Waals surface area contributed by atoms with Crippen LogP contribution in [0.1, 0.15) is 0 Å². The van der Waals surface area contributed by atoms with Crippen LogP contribution in [0.2, 0.25) is 0 Å². The molecule has 0 aliphatic heterocycles. The van der Waals surface area contributed by atoms with E-state index in [4.69, 9.17) is 0 Å². The van der Waals surface area contributed by atoms with Crippen molar-refractivity contribution in [3.8, 4) is 27.9 Å². The monoisotopic (exact) mass is 662 g/mol. The van der Waals surface area contributed by atoms with E-state index in [2.05, 4.69) is 216 Å². The van der Waals surface area contributed by atoms with Gasteiger partial charge in [0.2, 0.25) is 0 Å². The van der Waals surface area contributed by atoms with Crippen LogP contribution in [-0.2, 0) is 0 Å². The smallest absolute Gasteiger partial charge is 0.0553 e. The van der Waals surface area contributed by atoms with Crippen molar-refractivity contribution in [2.45, 2.75) is 0 Å². The minimum Gasteiger partial charge on any atom is -0.311 e. The lowest BCUT2D eigenvalue weighted by Crippen LogP contribution is -2.10. The van der Waals surface area contributed by atoms with E-state index in [-0.39, 0.29) is 0 Å². The maximum Gasteiger partial charge on any atom is 0.0553 e. The lowest BCUT2D eigenvalue weighted by molar-refractivity contribution is 1.17. The number of nitrogens with zero attached hydrogens (tertiary/aromatic N) is 2. The van der Waals surface area contributed by atoms with Crippen LogP contribution in [0.5, 0.6) is 0 Å². The van der Waals surface area contributed by atoms with Gasteiger partial charge in [-0.15, -0.1) is 0 Å². The third-order valence-electron chi connectivity index (χ3n) is 10.4. The molecule has 0 aliphatic rings. The highest BCUT2D eigenvalue weighted by Crippen LogP contribution is 2.42. The molecule has 0 atom stereocenters. The second kappa shape index (κ2) is 12.5. The van der Waals surface area contributed by atoms with Crippen molar-refractivity contribution >= 4 is 60.4 Å². The molecule has 0 saturated heterocycles. The van der Waals surface area contributed by atoms with Gasteiger partial charge in [0.05, 0.1) is 11.0 Å². The Morgan fingerprint density at radius 2 is 0.885 bits per heavy atom. The van der Waals surface area contributed by atoms with Crippen molar-refractivity contribution in [3.05, 3.63) is 206 Å². The predicted molar refractivity (Wildman–Crippen MR) is 221 cm³/mol. The van der Waals surface area contributed by atoms with Crippen LogP contribution in [0, 0.1) is 0 Å². The van der Waals surface area contributed by atoms with E-state index in [1.54, 1.807) is 0 Å². The highest BCUT2D eigenvalue weighted by Gasteiger charge is 2.19. The van der Waals surface area contributed by atoms with Crippen molar-refractivity contribution in [3.63, 3.8) is 0 Å². The Kier molecular flexibility index (Phi) is 7.18. The summed E-state index contributed by atoms with van der Waals surface area (Å²) in [6.07, 6.45) is 0. The fourth-order valence-corrected chi connectivity index (χ4v) is 7.91. The second-order valence-electron chi connectivity index (χ2n) is 13.4. The molecule has 0 radical (unpaired) electrons. The minimum atomic E-state index is 1.10. The average Bonchev–Trinajstić information content (AvgIpc) is 3.56. The minimum absolute atomic E-state index is 1.10. The Morgan fingerprint density at radius 3 is 1.63 bits per heavy atom. The summed E-state index contributed by atoms with van der Waals surface area (Å²) in [4.78, 5) is 2.33. The Labute approximate surface area is 303 Å². The summed E-state index contributed by atoms with van der Waals surface area (Å²) >= 11 is 0. The van der Waals surface area contributed by atoms with E-state index in [0.717, 1.165) is 22.7 Å². The van der Waals surface area contributed by atoms with Crippen molar-refractivity contribution in [1.82, 2.24) is 4.57 Å². The normalized spacial score (nSPS) is 11.5. The molecule has 1 aromatic heterocycles. The van der Waals surface area contributed by atoms with E-state index < -0.39 is 0 Å². The summed E-state index contributed by atoms with van der Waals surface area (Å²) in [5.74, 6) is 0. The topological polar surface area (TPSA) is 8.17 Å². The van der Waals surface area contributed by atoms with Crippen LogP contribution in [0.25, 0.3) is 71.3 Å². The molecule has 10 aromatic rings. The summed E-state index contributed by atoms with van der Waals surface area (Å²) in [5, 5.41) is 7.59. The van der Waals surface area contributed by atoms with Crippen molar-refractivity contribution < 1.29 is 0 Å². The van der Waals surface area contributed by atoms with Crippen LogP contribution in [-0.4, -0.2) is 4.57 Å². The molecular formula is C50H34N2. The molecule has 0 N–H and O–H groups in total. The fourth-order valence-electron chi connectivity index (χ4n) is 7.91. The summed E-state index contributed by atoms with van der Waals surface area (Å²) in [7, 11) is 0. The molecule has 10 rings (SSSR count). The molecule has 1 heterocycles. The summed E-state index contributed by atoms with van der Waals surface area (Å²) in [6.45, 7) is 0. The van der Waals surface area contributed by atoms with E-state index in [0.29, 0.717) is 0 Å². The van der Waals surface area contributed by atoms with Gasteiger partial charge in [-0.1, -0.05) is 140 Å². The first-order chi connectivity index (χ1) is 25.8. The van der Waals surface area contributed by atoms with Crippen LogP contribution in [0.15, 0.2) is 206 Å². The molecule has 244 valence electrons. The zero-order valence-electron chi connectivity index (χ0n) is 28.5. The standard InChI is InChI=1S/C50H34N2/c1-3-14-37(15-4-1)47-34-49-50(45-20-10-9-19-44(45)47)46-21-11-12-22-48(46)52(49)43-31-29-42(30-32-43)51(40-17-5-2-6-18-40)41-27-25-36(26-28-41)39-24-23-35-13-7-8-16-38(35)33-39/h1-34H. The Morgan fingerprint density at radius 1 is 0.327 bits per heavy atom. The van der Waals surface area contributed by atoms with Crippen LogP contribution >= 0.6 is 0 Å². The Hall–Kier alpha value is -6.90. The number of hydrogen-bond acceptors (Lipinski definition) is 1. The lowest BCUT2D eigenvalue weighted by Gasteiger charge is -2.26. The number of hydrogen-bond donors (Lipinski definition) is 0. The van der Waals surface area contributed by atoms with Gasteiger partial charge in [-0.3, -0.25) is 0 Å². The number of aromatic nitrogens is 1. The zero-order chi connectivity index (χ0) is 34.4. The molecule has 0 fully saturated rings. The van der Waals surface area contributed by atoms with Crippen LogP contribution in [0.4, 0.5) is 17.1 Å². The van der Waals surface area contributed by atoms with Crippen LogP contribution in [0.3, 0.4) is 0 Å². The molecule has 0 saturated carbocycles. The van der Waals surface area contributed by atoms with Crippen molar-refractivity contribution in [2.24, 2.45) is 0 Å².